The smallest absolute Gasteiger partial charge is 0.121 e. The average molecular weight is 224 g/mol. The molecule has 16 heavy (non-hydrogen) atoms. The number of hydrogen-bond acceptors (Lipinski definition) is 4. The zero-order chi connectivity index (χ0) is 11.6. The van der Waals surface area contributed by atoms with Crippen LogP contribution in [0.15, 0.2) is 24.3 Å². The molecule has 4 N–H and O–H groups in total. The average Bonchev–Trinajstić information content (AvgIpc) is 2.30. The Morgan fingerprint density at radius 2 is 2.19 bits per heavy atom. The number of nitrogens with two attached hydrogens (primary N) is 1. The minimum absolute atomic E-state index is 0.161. The van der Waals surface area contributed by atoms with Gasteiger partial charge >= 0.3 is 0 Å². The third-order valence-corrected chi connectivity index (χ3v) is 2.12. The molecule has 90 valence electrons. The van der Waals surface area contributed by atoms with Gasteiger partial charge in [-0.2, -0.15) is 0 Å². The monoisotopic (exact) mass is 224 g/mol. The molecule has 4 nitrogen and oxygen atoms in total. The van der Waals surface area contributed by atoms with Gasteiger partial charge in [-0.1, -0.05) is 6.07 Å². The third kappa shape index (κ3) is 5.00. The summed E-state index contributed by atoms with van der Waals surface area (Å²) in [5, 5.41) is 11.9. The Morgan fingerprint density at radius 1 is 1.31 bits per heavy atom. The summed E-state index contributed by atoms with van der Waals surface area (Å²) in [5.74, 6) is 0.825. The zero-order valence-corrected chi connectivity index (χ0v) is 9.48. The summed E-state index contributed by atoms with van der Waals surface area (Å²) in [7, 11) is 0. The molecular formula is C12H20N2O2. The summed E-state index contributed by atoms with van der Waals surface area (Å²) in [5.41, 5.74) is 6.45. The fourth-order valence-electron chi connectivity index (χ4n) is 1.29. The second kappa shape index (κ2) is 7.96. The van der Waals surface area contributed by atoms with Gasteiger partial charge in [0.2, 0.25) is 0 Å². The maximum absolute atomic E-state index is 8.64. The van der Waals surface area contributed by atoms with Crippen molar-refractivity contribution in [1.82, 2.24) is 0 Å². The minimum Gasteiger partial charge on any atom is -0.493 e. The summed E-state index contributed by atoms with van der Waals surface area (Å²) in [4.78, 5) is 0. The topological polar surface area (TPSA) is 67.5 Å². The van der Waals surface area contributed by atoms with Gasteiger partial charge in [0, 0.05) is 31.3 Å². The Labute approximate surface area is 96.4 Å². The number of aliphatic hydroxyl groups excluding tert-OH is 1. The van der Waals surface area contributed by atoms with Gasteiger partial charge < -0.3 is 20.9 Å². The first kappa shape index (κ1) is 12.8. The molecule has 1 rings (SSSR count). The Balaban J connectivity index is 2.37. The van der Waals surface area contributed by atoms with E-state index in [1.807, 2.05) is 24.3 Å². The Hall–Kier alpha value is -1.26. The number of aliphatic hydroxyl groups is 1. The van der Waals surface area contributed by atoms with Gasteiger partial charge in [0.25, 0.3) is 0 Å². The molecule has 0 saturated heterocycles. The Kier molecular flexibility index (Phi) is 6.37. The minimum atomic E-state index is 0.161. The van der Waals surface area contributed by atoms with Crippen molar-refractivity contribution < 1.29 is 9.84 Å². The summed E-state index contributed by atoms with van der Waals surface area (Å²) in [6.07, 6.45) is 1.61. The Bertz CT molecular complexity index is 267. The van der Waals surface area contributed by atoms with Crippen molar-refractivity contribution in [3.8, 4) is 5.75 Å². The lowest BCUT2D eigenvalue weighted by Crippen LogP contribution is -2.08. The molecule has 4 heteroatoms. The molecule has 0 aromatic heterocycles. The molecule has 0 amide bonds. The van der Waals surface area contributed by atoms with Crippen LogP contribution in [-0.2, 0) is 0 Å². The highest BCUT2D eigenvalue weighted by Gasteiger charge is 1.96. The quantitative estimate of drug-likeness (QED) is 0.581. The van der Waals surface area contributed by atoms with Gasteiger partial charge in [0.05, 0.1) is 6.61 Å². The first-order chi connectivity index (χ1) is 7.86. The highest BCUT2D eigenvalue weighted by molar-refractivity contribution is 5.48. The largest absolute Gasteiger partial charge is 0.493 e. The van der Waals surface area contributed by atoms with E-state index >= 15 is 0 Å². The van der Waals surface area contributed by atoms with Crippen LogP contribution in [0.25, 0.3) is 0 Å². The molecule has 0 heterocycles. The highest BCUT2D eigenvalue weighted by atomic mass is 16.5. The van der Waals surface area contributed by atoms with Crippen molar-refractivity contribution in [2.45, 2.75) is 12.8 Å². The number of ether oxygens (including phenoxy) is 1. The highest BCUT2D eigenvalue weighted by Crippen LogP contribution is 2.17. The summed E-state index contributed by atoms with van der Waals surface area (Å²) in [6, 6.07) is 7.80. The lowest BCUT2D eigenvalue weighted by molar-refractivity contribution is 0.233. The van der Waals surface area contributed by atoms with Crippen LogP contribution in [0, 0.1) is 0 Å². The lowest BCUT2D eigenvalue weighted by Gasteiger charge is -2.09. The van der Waals surface area contributed by atoms with Crippen LogP contribution in [0.3, 0.4) is 0 Å². The molecular weight excluding hydrogens is 204 g/mol. The van der Waals surface area contributed by atoms with Crippen LogP contribution in [0.2, 0.25) is 0 Å². The van der Waals surface area contributed by atoms with E-state index < -0.39 is 0 Å². The van der Waals surface area contributed by atoms with E-state index in [-0.39, 0.29) is 6.61 Å². The molecule has 0 aliphatic carbocycles. The van der Waals surface area contributed by atoms with Gasteiger partial charge in [-0.15, -0.1) is 0 Å². The normalized spacial score (nSPS) is 10.1. The van der Waals surface area contributed by atoms with Crippen LogP contribution in [0.4, 0.5) is 5.69 Å². The van der Waals surface area contributed by atoms with Gasteiger partial charge in [0.15, 0.2) is 0 Å². The van der Waals surface area contributed by atoms with Crippen LogP contribution < -0.4 is 15.8 Å². The molecule has 0 radical (unpaired) electrons. The third-order valence-electron chi connectivity index (χ3n) is 2.12. The molecule has 0 atom stereocenters. The first-order valence-corrected chi connectivity index (χ1v) is 5.64. The number of hydrogen-bond donors (Lipinski definition) is 3. The van der Waals surface area contributed by atoms with E-state index in [2.05, 4.69) is 5.32 Å². The molecule has 0 fully saturated rings. The summed E-state index contributed by atoms with van der Waals surface area (Å²) < 4.78 is 5.47. The van der Waals surface area contributed by atoms with Crippen molar-refractivity contribution in [1.29, 1.82) is 0 Å². The van der Waals surface area contributed by atoms with E-state index in [1.54, 1.807) is 0 Å². The predicted molar refractivity (Wildman–Crippen MR) is 65.8 cm³/mol. The number of benzene rings is 1. The van der Waals surface area contributed by atoms with Crippen molar-refractivity contribution in [3.05, 3.63) is 24.3 Å². The van der Waals surface area contributed by atoms with Crippen LogP contribution in [-0.4, -0.2) is 31.4 Å². The van der Waals surface area contributed by atoms with E-state index in [0.29, 0.717) is 19.6 Å². The molecule has 0 unspecified atom stereocenters. The Morgan fingerprint density at radius 3 is 2.94 bits per heavy atom. The van der Waals surface area contributed by atoms with Gasteiger partial charge in [0.1, 0.15) is 5.75 Å². The van der Waals surface area contributed by atoms with Crippen LogP contribution in [0.1, 0.15) is 12.8 Å². The van der Waals surface area contributed by atoms with Crippen molar-refractivity contribution in [2.24, 2.45) is 5.73 Å². The maximum atomic E-state index is 8.64. The molecule has 1 aromatic rings. The van der Waals surface area contributed by atoms with E-state index in [4.69, 9.17) is 15.6 Å². The van der Waals surface area contributed by atoms with Crippen molar-refractivity contribution in [2.75, 3.05) is 31.6 Å². The van der Waals surface area contributed by atoms with E-state index in [0.717, 1.165) is 24.4 Å². The van der Waals surface area contributed by atoms with E-state index in [1.165, 1.54) is 0 Å². The van der Waals surface area contributed by atoms with Crippen LogP contribution in [0.5, 0.6) is 5.75 Å². The van der Waals surface area contributed by atoms with Gasteiger partial charge in [-0.25, -0.2) is 0 Å². The van der Waals surface area contributed by atoms with E-state index in [9.17, 15) is 0 Å². The molecule has 0 aliphatic heterocycles. The first-order valence-electron chi connectivity index (χ1n) is 5.64. The van der Waals surface area contributed by atoms with Crippen LogP contribution >= 0.6 is 0 Å². The number of rotatable bonds is 8. The molecule has 0 bridgehead atoms. The van der Waals surface area contributed by atoms with Crippen molar-refractivity contribution in [3.63, 3.8) is 0 Å². The number of nitrogens with one attached hydrogen (secondary N) is 1. The standard InChI is InChI=1S/C12H20N2O2/c13-6-2-7-14-11-4-1-5-12(10-11)16-9-3-8-15/h1,4-5,10,14-15H,2-3,6-9,13H2. The molecule has 0 saturated carbocycles. The molecule has 0 spiro atoms. The summed E-state index contributed by atoms with van der Waals surface area (Å²) >= 11 is 0. The molecule has 0 aliphatic rings. The maximum Gasteiger partial charge on any atom is 0.121 e. The fraction of sp³-hybridized carbons (Fsp3) is 0.500. The van der Waals surface area contributed by atoms with Crippen molar-refractivity contribution >= 4 is 5.69 Å². The number of anilines is 1. The van der Waals surface area contributed by atoms with Gasteiger partial charge in [-0.05, 0) is 25.1 Å². The second-order valence-corrected chi connectivity index (χ2v) is 3.52. The van der Waals surface area contributed by atoms with Gasteiger partial charge in [-0.3, -0.25) is 0 Å². The summed E-state index contributed by atoms with van der Waals surface area (Å²) in [6.45, 7) is 2.27. The lowest BCUT2D eigenvalue weighted by atomic mass is 10.3. The second-order valence-electron chi connectivity index (χ2n) is 3.52. The predicted octanol–water partition coefficient (Wildman–Crippen LogP) is 1.21. The fourth-order valence-corrected chi connectivity index (χ4v) is 1.29. The SMILES string of the molecule is NCCCNc1cccc(OCCCO)c1. The zero-order valence-electron chi connectivity index (χ0n) is 9.48. The molecule has 1 aromatic carbocycles.